The average molecular weight is 644 g/mol. The third-order valence-corrected chi connectivity index (χ3v) is 10.3. The van der Waals surface area contributed by atoms with Gasteiger partial charge in [-0.05, 0) is 72.9 Å². The number of aryl methyl sites for hydroxylation is 1. The quantitative estimate of drug-likeness (QED) is 0.190. The molecule has 4 aromatic carbocycles. The summed E-state index contributed by atoms with van der Waals surface area (Å²) in [6, 6.07) is 30.9. The van der Waals surface area contributed by atoms with Crippen LogP contribution in [0.1, 0.15) is 42.4 Å². The van der Waals surface area contributed by atoms with Gasteiger partial charge in [0.2, 0.25) is 11.8 Å². The lowest BCUT2D eigenvalue weighted by molar-refractivity contribution is -0.140. The molecule has 1 aliphatic rings. The summed E-state index contributed by atoms with van der Waals surface area (Å²) in [5, 5.41) is 3.64. The first-order valence-electron chi connectivity index (χ1n) is 15.2. The highest BCUT2D eigenvalue weighted by Crippen LogP contribution is 2.27. The van der Waals surface area contributed by atoms with Crippen LogP contribution in [0.15, 0.2) is 114 Å². The number of carbonyl (C=O) groups is 2. The van der Waals surface area contributed by atoms with Crippen molar-refractivity contribution in [2.24, 2.45) is 0 Å². The highest BCUT2D eigenvalue weighted by Gasteiger charge is 2.35. The molecular weight excluding hydrogens is 606 g/mol. The number of carbonyl (C=O) groups excluding carboxylic acids is 2. The molecule has 1 N–H and O–H groups in total. The molecule has 0 saturated heterocycles. The standard InChI is InChI=1S/C36H38ClN3O4S/c1-27-12-8-9-15-29(27)25-39(34(24-28-13-4-2-5-14-28)36(42)38-31-16-10-11-17-31)35(41)26-40(32-22-20-30(37)21-23-32)45(43,44)33-18-6-3-7-19-33/h2-9,12-15,18-23,31,34H,10-11,16-17,24-26H2,1H3,(H,38,42). The number of sulfonamides is 1. The van der Waals surface area contributed by atoms with Gasteiger partial charge in [-0.25, -0.2) is 8.42 Å². The van der Waals surface area contributed by atoms with Gasteiger partial charge in [0.15, 0.2) is 0 Å². The number of hydrogen-bond donors (Lipinski definition) is 1. The molecule has 0 radical (unpaired) electrons. The van der Waals surface area contributed by atoms with Gasteiger partial charge in [0.25, 0.3) is 10.0 Å². The van der Waals surface area contributed by atoms with Crippen LogP contribution in [-0.4, -0.2) is 43.8 Å². The van der Waals surface area contributed by atoms with E-state index in [0.29, 0.717) is 10.7 Å². The summed E-state index contributed by atoms with van der Waals surface area (Å²) in [7, 11) is -4.16. The summed E-state index contributed by atoms with van der Waals surface area (Å²) in [6.07, 6.45) is 4.18. The molecule has 4 aromatic rings. The van der Waals surface area contributed by atoms with E-state index in [0.717, 1.165) is 46.7 Å². The molecule has 45 heavy (non-hydrogen) atoms. The van der Waals surface area contributed by atoms with Crippen LogP contribution in [-0.2, 0) is 32.6 Å². The lowest BCUT2D eigenvalue weighted by Gasteiger charge is -2.34. The molecule has 0 spiro atoms. The van der Waals surface area contributed by atoms with E-state index in [1.54, 1.807) is 47.4 Å². The molecule has 0 aliphatic heterocycles. The Morgan fingerprint density at radius 2 is 1.44 bits per heavy atom. The molecule has 1 saturated carbocycles. The second-order valence-corrected chi connectivity index (χ2v) is 13.7. The smallest absolute Gasteiger partial charge is 0.264 e. The maximum Gasteiger partial charge on any atom is 0.264 e. The average Bonchev–Trinajstić information content (AvgIpc) is 3.56. The normalized spacial score (nSPS) is 14.1. The topological polar surface area (TPSA) is 86.8 Å². The Balaban J connectivity index is 1.56. The minimum Gasteiger partial charge on any atom is -0.352 e. The van der Waals surface area contributed by atoms with Crippen LogP contribution in [0.3, 0.4) is 0 Å². The largest absolute Gasteiger partial charge is 0.352 e. The van der Waals surface area contributed by atoms with Gasteiger partial charge in [-0.3, -0.25) is 13.9 Å². The van der Waals surface area contributed by atoms with Crippen LogP contribution in [0.4, 0.5) is 5.69 Å². The van der Waals surface area contributed by atoms with Crippen LogP contribution >= 0.6 is 11.6 Å². The zero-order chi connectivity index (χ0) is 31.8. The summed E-state index contributed by atoms with van der Waals surface area (Å²) in [5.74, 6) is -0.730. The molecule has 7 nitrogen and oxygen atoms in total. The van der Waals surface area contributed by atoms with Crippen molar-refractivity contribution < 1.29 is 18.0 Å². The van der Waals surface area contributed by atoms with Gasteiger partial charge in [-0.1, -0.05) is 97.2 Å². The Kier molecular flexibility index (Phi) is 10.6. The Morgan fingerprint density at radius 3 is 2.09 bits per heavy atom. The van der Waals surface area contributed by atoms with Crippen LogP contribution in [0.25, 0.3) is 0 Å². The van der Waals surface area contributed by atoms with Crippen molar-refractivity contribution in [1.82, 2.24) is 10.2 Å². The predicted octanol–water partition coefficient (Wildman–Crippen LogP) is 6.54. The first kappa shape index (κ1) is 32.3. The van der Waals surface area contributed by atoms with E-state index in [1.807, 2.05) is 61.5 Å². The number of hydrogen-bond acceptors (Lipinski definition) is 4. The SMILES string of the molecule is Cc1ccccc1CN(C(=O)CN(c1ccc(Cl)cc1)S(=O)(=O)c1ccccc1)C(Cc1ccccc1)C(=O)NC1CCCC1. The van der Waals surface area contributed by atoms with E-state index in [9.17, 15) is 18.0 Å². The number of rotatable bonds is 12. The van der Waals surface area contributed by atoms with Gasteiger partial charge in [0.1, 0.15) is 12.6 Å². The van der Waals surface area contributed by atoms with E-state index in [1.165, 1.54) is 12.1 Å². The number of benzene rings is 4. The maximum absolute atomic E-state index is 14.6. The lowest BCUT2D eigenvalue weighted by atomic mass is 10.0. The van der Waals surface area contributed by atoms with Gasteiger partial charge in [0.05, 0.1) is 10.6 Å². The number of nitrogens with one attached hydrogen (secondary N) is 1. The minimum atomic E-state index is -4.16. The fourth-order valence-electron chi connectivity index (χ4n) is 5.75. The molecule has 1 aliphatic carbocycles. The molecule has 1 unspecified atom stereocenters. The molecule has 2 amide bonds. The Bertz CT molecular complexity index is 1690. The van der Waals surface area contributed by atoms with Gasteiger partial charge < -0.3 is 10.2 Å². The van der Waals surface area contributed by atoms with Crippen LogP contribution < -0.4 is 9.62 Å². The van der Waals surface area contributed by atoms with Gasteiger partial charge >= 0.3 is 0 Å². The molecule has 0 aromatic heterocycles. The predicted molar refractivity (Wildman–Crippen MR) is 178 cm³/mol. The lowest BCUT2D eigenvalue weighted by Crippen LogP contribution is -2.54. The highest BCUT2D eigenvalue weighted by molar-refractivity contribution is 7.92. The summed E-state index contributed by atoms with van der Waals surface area (Å²) >= 11 is 6.14. The zero-order valence-electron chi connectivity index (χ0n) is 25.3. The van der Waals surface area contributed by atoms with Gasteiger partial charge in [-0.15, -0.1) is 0 Å². The third kappa shape index (κ3) is 8.12. The van der Waals surface area contributed by atoms with Crippen molar-refractivity contribution in [2.45, 2.75) is 62.6 Å². The maximum atomic E-state index is 14.6. The van der Waals surface area contributed by atoms with Crippen LogP contribution in [0.5, 0.6) is 0 Å². The van der Waals surface area contributed by atoms with Crippen molar-refractivity contribution in [3.63, 3.8) is 0 Å². The number of anilines is 1. The summed E-state index contributed by atoms with van der Waals surface area (Å²) in [6.45, 7) is 1.59. The fourth-order valence-corrected chi connectivity index (χ4v) is 7.31. The van der Waals surface area contributed by atoms with Crippen molar-refractivity contribution in [3.05, 3.63) is 131 Å². The van der Waals surface area contributed by atoms with E-state index in [-0.39, 0.29) is 29.8 Å². The monoisotopic (exact) mass is 643 g/mol. The summed E-state index contributed by atoms with van der Waals surface area (Å²) in [4.78, 5) is 30.3. The van der Waals surface area contributed by atoms with Crippen molar-refractivity contribution >= 4 is 39.1 Å². The van der Waals surface area contributed by atoms with Crippen molar-refractivity contribution in [3.8, 4) is 0 Å². The second-order valence-electron chi connectivity index (χ2n) is 11.4. The van der Waals surface area contributed by atoms with E-state index in [2.05, 4.69) is 5.32 Å². The first-order valence-corrected chi connectivity index (χ1v) is 17.1. The molecule has 5 rings (SSSR count). The molecular formula is C36H38ClN3O4S. The Morgan fingerprint density at radius 1 is 0.844 bits per heavy atom. The van der Waals surface area contributed by atoms with Gasteiger partial charge in [0, 0.05) is 24.0 Å². The highest BCUT2D eigenvalue weighted by atomic mass is 35.5. The van der Waals surface area contributed by atoms with Crippen LogP contribution in [0.2, 0.25) is 5.02 Å². The number of amides is 2. The fraction of sp³-hybridized carbons (Fsp3) is 0.278. The zero-order valence-corrected chi connectivity index (χ0v) is 26.9. The van der Waals surface area contributed by atoms with Crippen LogP contribution in [0, 0.1) is 6.92 Å². The first-order chi connectivity index (χ1) is 21.7. The molecule has 234 valence electrons. The number of nitrogens with zero attached hydrogens (tertiary/aromatic N) is 2. The molecule has 9 heteroatoms. The van der Waals surface area contributed by atoms with Crippen molar-refractivity contribution in [2.75, 3.05) is 10.8 Å². The minimum absolute atomic E-state index is 0.0511. The third-order valence-electron chi connectivity index (χ3n) is 8.30. The van der Waals surface area contributed by atoms with Gasteiger partial charge in [-0.2, -0.15) is 0 Å². The Hall–Kier alpha value is -4.14. The molecule has 1 atom stereocenters. The molecule has 0 bridgehead atoms. The van der Waals surface area contributed by atoms with E-state index in [4.69, 9.17) is 11.6 Å². The summed E-state index contributed by atoms with van der Waals surface area (Å²) in [5.41, 5.74) is 3.04. The van der Waals surface area contributed by atoms with Crippen molar-refractivity contribution in [1.29, 1.82) is 0 Å². The Labute approximate surface area is 270 Å². The van der Waals surface area contributed by atoms with E-state index < -0.39 is 28.5 Å². The molecule has 0 heterocycles. The summed E-state index contributed by atoms with van der Waals surface area (Å²) < 4.78 is 29.2. The molecule has 1 fully saturated rings. The van der Waals surface area contributed by atoms with E-state index >= 15 is 0 Å². The second kappa shape index (κ2) is 14.8. The number of halogens is 1.